The van der Waals surface area contributed by atoms with Gasteiger partial charge in [-0.1, -0.05) is 0 Å². The second-order valence-corrected chi connectivity index (χ2v) is 10.6. The number of rotatable bonds is 4. The van der Waals surface area contributed by atoms with Crippen LogP contribution in [0.4, 0.5) is 10.6 Å². The summed E-state index contributed by atoms with van der Waals surface area (Å²) in [5.74, 6) is 1.66. The Morgan fingerprint density at radius 1 is 1.19 bits per heavy atom. The maximum Gasteiger partial charge on any atom is 0.410 e. The minimum atomic E-state index is -0.496. The molecular weight excluding hydrogens is 458 g/mol. The summed E-state index contributed by atoms with van der Waals surface area (Å²) < 4.78 is 13.3. The smallest absolute Gasteiger partial charge is 0.410 e. The van der Waals surface area contributed by atoms with Gasteiger partial charge in [0.15, 0.2) is 5.65 Å². The minimum absolute atomic E-state index is 0.149. The lowest BCUT2D eigenvalue weighted by atomic mass is 10.1. The Morgan fingerprint density at radius 3 is 2.72 bits per heavy atom. The van der Waals surface area contributed by atoms with E-state index < -0.39 is 5.60 Å². The molecule has 1 spiro atoms. The summed E-state index contributed by atoms with van der Waals surface area (Å²) in [6.45, 7) is 10.4. The molecule has 0 radical (unpaired) electrons. The van der Waals surface area contributed by atoms with Crippen molar-refractivity contribution in [1.82, 2.24) is 29.7 Å². The molecule has 2 aliphatic rings. The van der Waals surface area contributed by atoms with E-state index in [0.29, 0.717) is 13.2 Å². The highest BCUT2D eigenvalue weighted by molar-refractivity contribution is 6.00. The first-order valence-corrected chi connectivity index (χ1v) is 12.5. The topological polar surface area (TPSA) is 101 Å². The number of aromatic nitrogens is 5. The molecule has 0 unspecified atom stereocenters. The number of carbonyl (C=O) groups is 1. The molecule has 4 aromatic rings. The first-order valence-electron chi connectivity index (χ1n) is 12.5. The Bertz CT molecular complexity index is 1430. The summed E-state index contributed by atoms with van der Waals surface area (Å²) >= 11 is 0. The molecule has 0 bridgehead atoms. The molecule has 188 valence electrons. The molecule has 6 rings (SSSR count). The van der Waals surface area contributed by atoms with Gasteiger partial charge in [-0.2, -0.15) is 5.10 Å². The van der Waals surface area contributed by atoms with Crippen molar-refractivity contribution in [3.8, 4) is 16.9 Å². The molecule has 1 saturated heterocycles. The molecule has 10 heteroatoms. The van der Waals surface area contributed by atoms with Crippen molar-refractivity contribution in [1.29, 1.82) is 0 Å². The van der Waals surface area contributed by atoms with Crippen LogP contribution in [-0.4, -0.2) is 73.2 Å². The van der Waals surface area contributed by atoms with Gasteiger partial charge in [0.2, 0.25) is 0 Å². The second-order valence-electron chi connectivity index (χ2n) is 10.6. The van der Waals surface area contributed by atoms with Crippen LogP contribution in [0.2, 0.25) is 0 Å². The van der Waals surface area contributed by atoms with Gasteiger partial charge in [-0.3, -0.25) is 10.00 Å². The zero-order chi connectivity index (χ0) is 25.1. The summed E-state index contributed by atoms with van der Waals surface area (Å²) in [5.41, 5.74) is 3.00. The largest absolute Gasteiger partial charge is 0.492 e. The van der Waals surface area contributed by atoms with E-state index in [1.54, 1.807) is 6.20 Å². The quantitative estimate of drug-likeness (QED) is 0.457. The third-order valence-corrected chi connectivity index (χ3v) is 6.89. The van der Waals surface area contributed by atoms with Crippen LogP contribution in [0.15, 0.2) is 36.8 Å². The van der Waals surface area contributed by atoms with Crippen LogP contribution in [0.3, 0.4) is 0 Å². The van der Waals surface area contributed by atoms with Crippen molar-refractivity contribution in [2.45, 2.75) is 51.7 Å². The van der Waals surface area contributed by atoms with Crippen molar-refractivity contribution in [2.24, 2.45) is 0 Å². The number of hydrogen-bond acceptors (Lipinski definition) is 7. The van der Waals surface area contributed by atoms with Crippen molar-refractivity contribution in [2.75, 3.05) is 31.1 Å². The van der Waals surface area contributed by atoms with Crippen LogP contribution in [0.1, 0.15) is 40.5 Å². The fourth-order valence-electron chi connectivity index (χ4n) is 5.09. The van der Waals surface area contributed by atoms with E-state index in [0.717, 1.165) is 65.2 Å². The highest BCUT2D eigenvalue weighted by Crippen LogP contribution is 2.45. The Hall–Kier alpha value is -3.82. The zero-order valence-electron chi connectivity index (χ0n) is 21.1. The number of carbonyl (C=O) groups excluding carboxylic acids is 1. The van der Waals surface area contributed by atoms with Gasteiger partial charge < -0.3 is 14.4 Å². The molecule has 1 saturated carbocycles. The van der Waals surface area contributed by atoms with Crippen LogP contribution in [0.5, 0.6) is 5.75 Å². The van der Waals surface area contributed by atoms with Crippen molar-refractivity contribution >= 4 is 28.5 Å². The zero-order valence-corrected chi connectivity index (χ0v) is 21.1. The van der Waals surface area contributed by atoms with E-state index in [9.17, 15) is 4.79 Å². The molecule has 1 aliphatic heterocycles. The number of anilines is 1. The normalized spacial score (nSPS) is 17.2. The molecule has 1 aliphatic carbocycles. The second kappa shape index (κ2) is 8.11. The highest BCUT2D eigenvalue weighted by atomic mass is 16.6. The summed E-state index contributed by atoms with van der Waals surface area (Å²) in [6, 6.07) is 6.18. The predicted molar refractivity (Wildman–Crippen MR) is 136 cm³/mol. The molecule has 1 N–H and O–H groups in total. The van der Waals surface area contributed by atoms with Gasteiger partial charge in [0.05, 0.1) is 35.4 Å². The Morgan fingerprint density at radius 2 is 2.03 bits per heavy atom. The van der Waals surface area contributed by atoms with Gasteiger partial charge in [-0.05, 0) is 58.7 Å². The number of pyridine rings is 2. The Labute approximate surface area is 209 Å². The summed E-state index contributed by atoms with van der Waals surface area (Å²) in [6.07, 6.45) is 7.35. The van der Waals surface area contributed by atoms with Crippen LogP contribution < -0.4 is 9.64 Å². The third kappa shape index (κ3) is 3.90. The van der Waals surface area contributed by atoms with Gasteiger partial charge in [0.25, 0.3) is 0 Å². The number of H-pyrrole nitrogens is 1. The average molecular weight is 490 g/mol. The van der Waals surface area contributed by atoms with E-state index in [-0.39, 0.29) is 11.6 Å². The molecule has 5 heterocycles. The van der Waals surface area contributed by atoms with Crippen molar-refractivity contribution in [3.05, 3.63) is 36.8 Å². The first kappa shape index (κ1) is 22.6. The number of aromatic amines is 1. The van der Waals surface area contributed by atoms with Crippen LogP contribution in [0.25, 0.3) is 27.7 Å². The van der Waals surface area contributed by atoms with E-state index in [2.05, 4.69) is 32.3 Å². The van der Waals surface area contributed by atoms with Gasteiger partial charge in [-0.25, -0.2) is 14.3 Å². The number of nitrogens with zero attached hydrogens (tertiary/aromatic N) is 6. The standard InChI is InChI=1S/C26H31N7O3/c1-5-35-18-12-19(22-20-14-28-29-23(20)30-33(22)15-18)17-6-7-21(27-13-17)31-10-11-32(26(16-31)8-9-26)24(34)36-25(2,3)4/h6-7,12-15H,5,8-11,16H2,1-4H3,(H,29,30). The fourth-order valence-corrected chi connectivity index (χ4v) is 5.09. The number of fused-ring (bicyclic) bond motifs is 3. The summed E-state index contributed by atoms with van der Waals surface area (Å²) in [5, 5.41) is 12.7. The maximum atomic E-state index is 12.8. The van der Waals surface area contributed by atoms with Crippen molar-refractivity contribution in [3.63, 3.8) is 0 Å². The lowest BCUT2D eigenvalue weighted by Crippen LogP contribution is -2.58. The van der Waals surface area contributed by atoms with E-state index in [4.69, 9.17) is 14.5 Å². The lowest BCUT2D eigenvalue weighted by Gasteiger charge is -2.42. The molecule has 10 nitrogen and oxygen atoms in total. The summed E-state index contributed by atoms with van der Waals surface area (Å²) in [4.78, 5) is 21.8. The average Bonchev–Trinajstić information content (AvgIpc) is 3.27. The molecular formula is C26H31N7O3. The molecule has 1 amide bonds. The molecule has 4 aromatic heterocycles. The number of ether oxygens (including phenoxy) is 2. The van der Waals surface area contributed by atoms with E-state index in [1.807, 2.05) is 55.6 Å². The van der Waals surface area contributed by atoms with Gasteiger partial charge in [0.1, 0.15) is 17.2 Å². The van der Waals surface area contributed by atoms with Gasteiger partial charge >= 0.3 is 6.09 Å². The van der Waals surface area contributed by atoms with Gasteiger partial charge in [-0.15, -0.1) is 5.10 Å². The molecule has 0 aromatic carbocycles. The number of amides is 1. The SMILES string of the molecule is CCOc1cc(-c2ccc(N3CCN(C(=O)OC(C)(C)C)C4(CC4)C3)nc2)c2c3cn[nH]c3nn2c1. The van der Waals surface area contributed by atoms with Crippen LogP contribution in [-0.2, 0) is 4.74 Å². The van der Waals surface area contributed by atoms with Crippen molar-refractivity contribution < 1.29 is 14.3 Å². The highest BCUT2D eigenvalue weighted by Gasteiger charge is 2.54. The van der Waals surface area contributed by atoms with Crippen LogP contribution >= 0.6 is 0 Å². The van der Waals surface area contributed by atoms with Gasteiger partial charge in [0, 0.05) is 37.0 Å². The monoisotopic (exact) mass is 489 g/mol. The Kier molecular flexibility index (Phi) is 5.10. The number of nitrogens with one attached hydrogen (secondary N) is 1. The third-order valence-electron chi connectivity index (χ3n) is 6.89. The molecule has 36 heavy (non-hydrogen) atoms. The maximum absolute atomic E-state index is 12.8. The number of hydrogen-bond donors (Lipinski definition) is 1. The Balaban J connectivity index is 1.27. The molecule has 2 fully saturated rings. The van der Waals surface area contributed by atoms with E-state index >= 15 is 0 Å². The van der Waals surface area contributed by atoms with Crippen LogP contribution in [0, 0.1) is 0 Å². The van der Waals surface area contributed by atoms with E-state index in [1.165, 1.54) is 0 Å². The fraction of sp³-hybridized carbons (Fsp3) is 0.462. The molecule has 0 atom stereocenters. The lowest BCUT2D eigenvalue weighted by molar-refractivity contribution is 0.0106. The minimum Gasteiger partial charge on any atom is -0.492 e. The first-order chi connectivity index (χ1) is 17.3. The summed E-state index contributed by atoms with van der Waals surface area (Å²) in [7, 11) is 0. The number of piperazine rings is 1. The predicted octanol–water partition coefficient (Wildman–Crippen LogP) is 4.26.